The fourth-order valence-electron chi connectivity index (χ4n) is 1.61. The van der Waals surface area contributed by atoms with E-state index >= 15 is 0 Å². The fourth-order valence-corrected chi connectivity index (χ4v) is 1.61. The SMILES string of the molecule is CCC(=O)NCC1CCCC1(F)F. The van der Waals surface area contributed by atoms with Gasteiger partial charge in [0.1, 0.15) is 0 Å². The lowest BCUT2D eigenvalue weighted by Gasteiger charge is -2.18. The van der Waals surface area contributed by atoms with Crippen molar-refractivity contribution in [2.24, 2.45) is 5.92 Å². The monoisotopic (exact) mass is 191 g/mol. The summed E-state index contributed by atoms with van der Waals surface area (Å²) in [6.07, 6.45) is 1.43. The van der Waals surface area contributed by atoms with Crippen LogP contribution >= 0.6 is 0 Å². The van der Waals surface area contributed by atoms with Gasteiger partial charge < -0.3 is 5.32 Å². The molecule has 1 aliphatic rings. The number of hydrogen-bond donors (Lipinski definition) is 1. The second-order valence-electron chi connectivity index (χ2n) is 3.51. The number of carbonyl (C=O) groups excluding carboxylic acids is 1. The zero-order chi connectivity index (χ0) is 9.90. The largest absolute Gasteiger partial charge is 0.356 e. The summed E-state index contributed by atoms with van der Waals surface area (Å²) < 4.78 is 26.0. The normalized spacial score (nSPS) is 25.9. The third-order valence-electron chi connectivity index (χ3n) is 2.53. The number of alkyl halides is 2. The summed E-state index contributed by atoms with van der Waals surface area (Å²) in [6, 6.07) is 0. The average molecular weight is 191 g/mol. The number of rotatable bonds is 3. The maximum atomic E-state index is 13.0. The molecule has 0 aromatic heterocycles. The molecule has 0 aliphatic heterocycles. The second-order valence-corrected chi connectivity index (χ2v) is 3.51. The minimum absolute atomic E-state index is 0.0281. The van der Waals surface area contributed by atoms with Gasteiger partial charge in [-0.2, -0.15) is 0 Å². The molecule has 0 aromatic rings. The molecule has 0 spiro atoms. The highest BCUT2D eigenvalue weighted by atomic mass is 19.3. The Morgan fingerprint density at radius 3 is 2.77 bits per heavy atom. The van der Waals surface area contributed by atoms with Crippen molar-refractivity contribution < 1.29 is 13.6 Å². The molecule has 1 aliphatic carbocycles. The highest BCUT2D eigenvalue weighted by molar-refractivity contribution is 5.75. The van der Waals surface area contributed by atoms with E-state index in [0.29, 0.717) is 19.3 Å². The van der Waals surface area contributed by atoms with E-state index in [4.69, 9.17) is 0 Å². The van der Waals surface area contributed by atoms with Crippen molar-refractivity contribution in [2.45, 2.75) is 38.5 Å². The maximum absolute atomic E-state index is 13.0. The number of hydrogen-bond acceptors (Lipinski definition) is 1. The number of halogens is 2. The molecular formula is C9H15F2NO. The van der Waals surface area contributed by atoms with Gasteiger partial charge in [0.15, 0.2) is 0 Å². The molecular weight excluding hydrogens is 176 g/mol. The molecule has 0 saturated heterocycles. The van der Waals surface area contributed by atoms with Crippen LogP contribution in [-0.4, -0.2) is 18.4 Å². The topological polar surface area (TPSA) is 29.1 Å². The standard InChI is InChI=1S/C9H15F2NO/c1-2-8(13)12-6-7-4-3-5-9(7,10)11/h7H,2-6H2,1H3,(H,12,13). The van der Waals surface area contributed by atoms with Gasteiger partial charge in [0.05, 0.1) is 0 Å². The van der Waals surface area contributed by atoms with Crippen LogP contribution in [0.1, 0.15) is 32.6 Å². The van der Waals surface area contributed by atoms with Gasteiger partial charge in [-0.05, 0) is 12.8 Å². The first-order chi connectivity index (χ1) is 6.06. The predicted octanol–water partition coefficient (Wildman–Crippen LogP) is 1.95. The van der Waals surface area contributed by atoms with Crippen molar-refractivity contribution in [1.82, 2.24) is 5.32 Å². The summed E-state index contributed by atoms with van der Waals surface area (Å²) >= 11 is 0. The lowest BCUT2D eigenvalue weighted by atomic mass is 10.1. The van der Waals surface area contributed by atoms with E-state index < -0.39 is 11.8 Å². The summed E-state index contributed by atoms with van der Waals surface area (Å²) in [5, 5.41) is 2.51. The van der Waals surface area contributed by atoms with Crippen molar-refractivity contribution in [1.29, 1.82) is 0 Å². The second kappa shape index (κ2) is 4.03. The van der Waals surface area contributed by atoms with Crippen molar-refractivity contribution in [3.63, 3.8) is 0 Å². The van der Waals surface area contributed by atoms with E-state index in [1.165, 1.54) is 0 Å². The van der Waals surface area contributed by atoms with Gasteiger partial charge in [-0.1, -0.05) is 6.92 Å². The molecule has 4 heteroatoms. The summed E-state index contributed by atoms with van der Waals surface area (Å²) in [5.74, 6) is -3.37. The van der Waals surface area contributed by atoms with Crippen LogP contribution in [0.4, 0.5) is 8.78 Å². The highest BCUT2D eigenvalue weighted by Gasteiger charge is 2.43. The van der Waals surface area contributed by atoms with Gasteiger partial charge in [-0.15, -0.1) is 0 Å². The average Bonchev–Trinajstić information content (AvgIpc) is 2.41. The molecule has 2 nitrogen and oxygen atoms in total. The van der Waals surface area contributed by atoms with E-state index in [0.717, 1.165) is 0 Å². The molecule has 0 radical (unpaired) electrons. The Labute approximate surface area is 76.7 Å². The lowest BCUT2D eigenvalue weighted by Crippen LogP contribution is -2.35. The molecule has 1 fully saturated rings. The van der Waals surface area contributed by atoms with E-state index in [9.17, 15) is 13.6 Å². The van der Waals surface area contributed by atoms with Gasteiger partial charge in [0, 0.05) is 25.3 Å². The molecule has 0 bridgehead atoms. The molecule has 1 rings (SSSR count). The predicted molar refractivity (Wildman–Crippen MR) is 45.6 cm³/mol. The van der Waals surface area contributed by atoms with Crippen molar-refractivity contribution in [3.8, 4) is 0 Å². The lowest BCUT2D eigenvalue weighted by molar-refractivity contribution is -0.121. The van der Waals surface area contributed by atoms with E-state index in [2.05, 4.69) is 5.32 Å². The maximum Gasteiger partial charge on any atom is 0.252 e. The van der Waals surface area contributed by atoms with Crippen LogP contribution in [0.15, 0.2) is 0 Å². The van der Waals surface area contributed by atoms with E-state index in [-0.39, 0.29) is 18.9 Å². The molecule has 0 aromatic carbocycles. The molecule has 76 valence electrons. The van der Waals surface area contributed by atoms with Crippen LogP contribution in [0.3, 0.4) is 0 Å². The number of nitrogens with one attached hydrogen (secondary N) is 1. The summed E-state index contributed by atoms with van der Waals surface area (Å²) in [7, 11) is 0. The Balaban J connectivity index is 2.33. The number of carbonyl (C=O) groups is 1. The first-order valence-electron chi connectivity index (χ1n) is 4.71. The molecule has 1 atom stereocenters. The fraction of sp³-hybridized carbons (Fsp3) is 0.889. The smallest absolute Gasteiger partial charge is 0.252 e. The van der Waals surface area contributed by atoms with Gasteiger partial charge in [0.2, 0.25) is 5.91 Å². The molecule has 13 heavy (non-hydrogen) atoms. The van der Waals surface area contributed by atoms with Gasteiger partial charge in [-0.25, -0.2) is 8.78 Å². The molecule has 1 amide bonds. The van der Waals surface area contributed by atoms with Crippen LogP contribution in [-0.2, 0) is 4.79 Å². The van der Waals surface area contributed by atoms with Crippen LogP contribution < -0.4 is 5.32 Å². The summed E-state index contributed by atoms with van der Waals surface area (Å²) in [6.45, 7) is 1.84. The van der Waals surface area contributed by atoms with Gasteiger partial charge >= 0.3 is 0 Å². The van der Waals surface area contributed by atoms with Crippen LogP contribution in [0.2, 0.25) is 0 Å². The molecule has 1 N–H and O–H groups in total. The molecule has 0 heterocycles. The number of amides is 1. The highest BCUT2D eigenvalue weighted by Crippen LogP contribution is 2.39. The quantitative estimate of drug-likeness (QED) is 0.725. The van der Waals surface area contributed by atoms with E-state index in [1.54, 1.807) is 6.92 Å². The zero-order valence-corrected chi connectivity index (χ0v) is 7.78. The van der Waals surface area contributed by atoms with E-state index in [1.807, 2.05) is 0 Å². The van der Waals surface area contributed by atoms with Crippen LogP contribution in [0, 0.1) is 5.92 Å². The van der Waals surface area contributed by atoms with Crippen LogP contribution in [0.5, 0.6) is 0 Å². The minimum Gasteiger partial charge on any atom is -0.356 e. The van der Waals surface area contributed by atoms with Gasteiger partial charge in [-0.3, -0.25) is 4.79 Å². The Morgan fingerprint density at radius 2 is 2.31 bits per heavy atom. The summed E-state index contributed by atoms with van der Waals surface area (Å²) in [5.41, 5.74) is 0. The Kier molecular flexibility index (Phi) is 3.22. The third-order valence-corrected chi connectivity index (χ3v) is 2.53. The molecule has 1 unspecified atom stereocenters. The Hall–Kier alpha value is -0.670. The Bertz CT molecular complexity index is 194. The van der Waals surface area contributed by atoms with Gasteiger partial charge in [0.25, 0.3) is 5.92 Å². The zero-order valence-electron chi connectivity index (χ0n) is 7.78. The minimum atomic E-state index is -2.57. The molecule has 1 saturated carbocycles. The van der Waals surface area contributed by atoms with Crippen molar-refractivity contribution in [3.05, 3.63) is 0 Å². The van der Waals surface area contributed by atoms with Crippen molar-refractivity contribution in [2.75, 3.05) is 6.54 Å². The Morgan fingerprint density at radius 1 is 1.62 bits per heavy atom. The summed E-state index contributed by atoms with van der Waals surface area (Å²) in [4.78, 5) is 10.8. The van der Waals surface area contributed by atoms with Crippen LogP contribution in [0.25, 0.3) is 0 Å². The van der Waals surface area contributed by atoms with Crippen molar-refractivity contribution >= 4 is 5.91 Å². The first kappa shape index (κ1) is 10.4. The third kappa shape index (κ3) is 2.64. The first-order valence-corrected chi connectivity index (χ1v) is 4.71.